The first-order valence-corrected chi connectivity index (χ1v) is 4.20. The summed E-state index contributed by atoms with van der Waals surface area (Å²) in [7, 11) is 0. The van der Waals surface area contributed by atoms with E-state index in [1.807, 2.05) is 6.92 Å². The number of nitrogens with one attached hydrogen (secondary N) is 1. The van der Waals surface area contributed by atoms with Crippen LogP contribution in [0.1, 0.15) is 32.6 Å². The molecule has 3 nitrogen and oxygen atoms in total. The molecular formula is C8H15NO2. The van der Waals surface area contributed by atoms with Gasteiger partial charge in [-0.15, -0.1) is 0 Å². The highest BCUT2D eigenvalue weighted by molar-refractivity contribution is 5.79. The van der Waals surface area contributed by atoms with E-state index < -0.39 is 11.5 Å². The Morgan fingerprint density at radius 2 is 2.45 bits per heavy atom. The Morgan fingerprint density at radius 3 is 2.82 bits per heavy atom. The van der Waals surface area contributed by atoms with Crippen LogP contribution in [0.3, 0.4) is 0 Å². The summed E-state index contributed by atoms with van der Waals surface area (Å²) in [5, 5.41) is 12.0. The summed E-state index contributed by atoms with van der Waals surface area (Å²) in [5.41, 5.74) is -0.589. The van der Waals surface area contributed by atoms with Crippen molar-refractivity contribution >= 4 is 5.97 Å². The highest BCUT2D eigenvalue weighted by atomic mass is 16.4. The van der Waals surface area contributed by atoms with Crippen molar-refractivity contribution in [2.45, 2.75) is 38.1 Å². The Hall–Kier alpha value is -0.570. The van der Waals surface area contributed by atoms with Crippen molar-refractivity contribution in [1.29, 1.82) is 0 Å². The molecule has 0 spiro atoms. The van der Waals surface area contributed by atoms with Crippen molar-refractivity contribution in [3.63, 3.8) is 0 Å². The van der Waals surface area contributed by atoms with Gasteiger partial charge in [0.1, 0.15) is 5.54 Å². The van der Waals surface area contributed by atoms with Crippen LogP contribution in [0.2, 0.25) is 0 Å². The van der Waals surface area contributed by atoms with E-state index in [0.29, 0.717) is 0 Å². The Labute approximate surface area is 66.8 Å². The molecule has 0 bridgehead atoms. The highest BCUT2D eigenvalue weighted by Crippen LogP contribution is 2.24. The fraction of sp³-hybridized carbons (Fsp3) is 0.875. The van der Waals surface area contributed by atoms with Crippen LogP contribution in [-0.4, -0.2) is 23.2 Å². The van der Waals surface area contributed by atoms with Gasteiger partial charge >= 0.3 is 5.97 Å². The topological polar surface area (TPSA) is 49.3 Å². The standard InChI is InChI=1S/C8H15NO2/c1-2-4-8(7(10)11)5-3-6-9-8/h9H,2-6H2,1H3,(H,10,11)/t8-/m0/s1. The summed E-state index contributed by atoms with van der Waals surface area (Å²) in [6.07, 6.45) is 3.46. The van der Waals surface area contributed by atoms with Crippen LogP contribution in [-0.2, 0) is 4.79 Å². The molecule has 11 heavy (non-hydrogen) atoms. The van der Waals surface area contributed by atoms with Gasteiger partial charge < -0.3 is 10.4 Å². The normalized spacial score (nSPS) is 30.6. The van der Waals surface area contributed by atoms with E-state index in [1.165, 1.54) is 0 Å². The number of carboxylic acids is 1. The molecule has 1 aliphatic rings. The summed E-state index contributed by atoms with van der Waals surface area (Å²) < 4.78 is 0. The quantitative estimate of drug-likeness (QED) is 0.642. The summed E-state index contributed by atoms with van der Waals surface area (Å²) in [6, 6.07) is 0. The van der Waals surface area contributed by atoms with Crippen LogP contribution in [0.4, 0.5) is 0 Å². The molecule has 1 heterocycles. The number of carboxylic acid groups (broad SMARTS) is 1. The lowest BCUT2D eigenvalue weighted by Gasteiger charge is -2.23. The zero-order valence-electron chi connectivity index (χ0n) is 6.89. The van der Waals surface area contributed by atoms with Crippen LogP contribution in [0.25, 0.3) is 0 Å². The average Bonchev–Trinajstić information content (AvgIpc) is 2.38. The molecule has 64 valence electrons. The fourth-order valence-electron chi connectivity index (χ4n) is 1.74. The summed E-state index contributed by atoms with van der Waals surface area (Å²) in [4.78, 5) is 10.9. The molecule has 3 heteroatoms. The van der Waals surface area contributed by atoms with Crippen LogP contribution in [0.15, 0.2) is 0 Å². The Balaban J connectivity index is 2.62. The summed E-state index contributed by atoms with van der Waals surface area (Å²) >= 11 is 0. The highest BCUT2D eigenvalue weighted by Gasteiger charge is 2.39. The minimum Gasteiger partial charge on any atom is -0.480 e. The second-order valence-corrected chi connectivity index (χ2v) is 3.17. The van der Waals surface area contributed by atoms with E-state index >= 15 is 0 Å². The second-order valence-electron chi connectivity index (χ2n) is 3.17. The fourth-order valence-corrected chi connectivity index (χ4v) is 1.74. The molecule has 0 aromatic rings. The number of carbonyl (C=O) groups is 1. The van der Waals surface area contributed by atoms with Crippen LogP contribution < -0.4 is 5.32 Å². The van der Waals surface area contributed by atoms with E-state index in [9.17, 15) is 4.79 Å². The smallest absolute Gasteiger partial charge is 0.323 e. The van der Waals surface area contributed by atoms with Crippen molar-refractivity contribution in [3.05, 3.63) is 0 Å². The van der Waals surface area contributed by atoms with Gasteiger partial charge in [0, 0.05) is 0 Å². The van der Waals surface area contributed by atoms with E-state index in [1.54, 1.807) is 0 Å². The van der Waals surface area contributed by atoms with Crippen LogP contribution >= 0.6 is 0 Å². The third-order valence-electron chi connectivity index (χ3n) is 2.33. The molecule has 1 saturated heterocycles. The van der Waals surface area contributed by atoms with E-state index in [-0.39, 0.29) is 0 Å². The minimum absolute atomic E-state index is 0.589. The van der Waals surface area contributed by atoms with Gasteiger partial charge in [-0.25, -0.2) is 0 Å². The maximum Gasteiger partial charge on any atom is 0.323 e. The summed E-state index contributed by atoms with van der Waals surface area (Å²) in [5.74, 6) is -0.683. The van der Waals surface area contributed by atoms with Gasteiger partial charge in [0.25, 0.3) is 0 Å². The lowest BCUT2D eigenvalue weighted by molar-refractivity contribution is -0.144. The molecule has 1 aliphatic heterocycles. The second kappa shape index (κ2) is 3.22. The van der Waals surface area contributed by atoms with Gasteiger partial charge in [-0.1, -0.05) is 13.3 Å². The van der Waals surface area contributed by atoms with E-state index in [0.717, 1.165) is 32.2 Å². The molecule has 0 amide bonds. The third-order valence-corrected chi connectivity index (χ3v) is 2.33. The van der Waals surface area contributed by atoms with Crippen molar-refractivity contribution in [2.75, 3.05) is 6.54 Å². The number of aliphatic carboxylic acids is 1. The van der Waals surface area contributed by atoms with Crippen LogP contribution in [0, 0.1) is 0 Å². The minimum atomic E-state index is -0.683. The molecule has 0 aromatic carbocycles. The maximum atomic E-state index is 10.9. The first kappa shape index (κ1) is 8.53. The van der Waals surface area contributed by atoms with Gasteiger partial charge in [0.15, 0.2) is 0 Å². The zero-order chi connectivity index (χ0) is 8.32. The number of rotatable bonds is 3. The molecule has 1 fully saturated rings. The van der Waals surface area contributed by atoms with Crippen LogP contribution in [0.5, 0.6) is 0 Å². The van der Waals surface area contributed by atoms with Gasteiger partial charge in [-0.05, 0) is 25.8 Å². The van der Waals surface area contributed by atoms with E-state index in [2.05, 4.69) is 5.32 Å². The molecule has 0 unspecified atom stereocenters. The average molecular weight is 157 g/mol. The molecule has 0 radical (unpaired) electrons. The largest absolute Gasteiger partial charge is 0.480 e. The SMILES string of the molecule is CCC[C@@]1(C(=O)O)CCCN1. The Bertz CT molecular complexity index is 150. The molecule has 0 aliphatic carbocycles. The van der Waals surface area contributed by atoms with Gasteiger partial charge in [-0.2, -0.15) is 0 Å². The molecular weight excluding hydrogens is 142 g/mol. The molecule has 0 saturated carbocycles. The predicted octanol–water partition coefficient (Wildman–Crippen LogP) is 0.993. The molecule has 0 aromatic heterocycles. The van der Waals surface area contributed by atoms with Gasteiger partial charge in [0.05, 0.1) is 0 Å². The number of hydrogen-bond acceptors (Lipinski definition) is 2. The summed E-state index contributed by atoms with van der Waals surface area (Å²) in [6.45, 7) is 2.87. The molecule has 1 rings (SSSR count). The lowest BCUT2D eigenvalue weighted by Crippen LogP contribution is -2.47. The Kier molecular flexibility index (Phi) is 2.49. The van der Waals surface area contributed by atoms with Crippen molar-refractivity contribution in [1.82, 2.24) is 5.32 Å². The van der Waals surface area contributed by atoms with Gasteiger partial charge in [-0.3, -0.25) is 4.79 Å². The number of hydrogen-bond donors (Lipinski definition) is 2. The first-order chi connectivity index (χ1) is 5.21. The van der Waals surface area contributed by atoms with Gasteiger partial charge in [0.2, 0.25) is 0 Å². The molecule has 1 atom stereocenters. The predicted molar refractivity (Wildman–Crippen MR) is 42.5 cm³/mol. The van der Waals surface area contributed by atoms with Crippen molar-refractivity contribution in [3.8, 4) is 0 Å². The third kappa shape index (κ3) is 1.53. The lowest BCUT2D eigenvalue weighted by atomic mass is 9.92. The first-order valence-electron chi connectivity index (χ1n) is 4.20. The van der Waals surface area contributed by atoms with Crippen molar-refractivity contribution in [2.24, 2.45) is 0 Å². The zero-order valence-corrected chi connectivity index (χ0v) is 6.89. The molecule has 2 N–H and O–H groups in total. The van der Waals surface area contributed by atoms with E-state index in [4.69, 9.17) is 5.11 Å². The Morgan fingerprint density at radius 1 is 1.73 bits per heavy atom. The maximum absolute atomic E-state index is 10.9. The monoisotopic (exact) mass is 157 g/mol. The van der Waals surface area contributed by atoms with Crippen molar-refractivity contribution < 1.29 is 9.90 Å².